The molecule has 0 atom stereocenters. The van der Waals surface area contributed by atoms with Crippen LogP contribution in [-0.2, 0) is 10.9 Å². The van der Waals surface area contributed by atoms with Crippen molar-refractivity contribution in [3.63, 3.8) is 0 Å². The summed E-state index contributed by atoms with van der Waals surface area (Å²) in [5, 5.41) is 9.39. The molecule has 0 fully saturated rings. The van der Waals surface area contributed by atoms with Gasteiger partial charge in [-0.25, -0.2) is 4.79 Å². The standard InChI is InChI=1S/C20H17F3N2O3/c1-4-28-19(27)17-12(3)25-11(2)16(17)18(26)14(10-24)8-13-6-5-7-15(9-13)20(21,22)23/h5-9,25H,4H2,1-3H3/b14-8+. The van der Waals surface area contributed by atoms with Gasteiger partial charge in [0.2, 0.25) is 5.78 Å². The molecule has 2 rings (SSSR count). The van der Waals surface area contributed by atoms with Crippen LogP contribution in [0.15, 0.2) is 29.8 Å². The predicted molar refractivity (Wildman–Crippen MR) is 95.6 cm³/mol. The maximum absolute atomic E-state index is 12.9. The molecule has 0 amide bonds. The van der Waals surface area contributed by atoms with E-state index in [1.165, 1.54) is 12.1 Å². The van der Waals surface area contributed by atoms with E-state index in [1.807, 2.05) is 0 Å². The molecule has 8 heteroatoms. The molecule has 28 heavy (non-hydrogen) atoms. The van der Waals surface area contributed by atoms with Crippen molar-refractivity contribution in [1.82, 2.24) is 4.98 Å². The first-order valence-electron chi connectivity index (χ1n) is 8.30. The molecule has 0 saturated carbocycles. The number of carbonyl (C=O) groups is 2. The number of ether oxygens (including phenoxy) is 1. The second kappa shape index (κ2) is 8.13. The minimum atomic E-state index is -4.55. The summed E-state index contributed by atoms with van der Waals surface area (Å²) >= 11 is 0. The molecule has 1 aromatic carbocycles. The monoisotopic (exact) mass is 390 g/mol. The third kappa shape index (κ3) is 4.31. The molecular formula is C20H17F3N2O3. The van der Waals surface area contributed by atoms with Gasteiger partial charge in [0.25, 0.3) is 0 Å². The number of Topliss-reactive ketones (excluding diaryl/α,β-unsaturated/α-hetero) is 1. The second-order valence-corrected chi connectivity index (χ2v) is 5.97. The molecule has 0 aliphatic rings. The van der Waals surface area contributed by atoms with E-state index in [0.717, 1.165) is 18.2 Å². The van der Waals surface area contributed by atoms with Gasteiger partial charge >= 0.3 is 12.1 Å². The highest BCUT2D eigenvalue weighted by Gasteiger charge is 2.31. The van der Waals surface area contributed by atoms with Gasteiger partial charge in [0.15, 0.2) is 0 Å². The van der Waals surface area contributed by atoms with E-state index < -0.39 is 29.1 Å². The Morgan fingerprint density at radius 2 is 1.86 bits per heavy atom. The van der Waals surface area contributed by atoms with Gasteiger partial charge in [-0.3, -0.25) is 4.79 Å². The number of hydrogen-bond acceptors (Lipinski definition) is 4. The second-order valence-electron chi connectivity index (χ2n) is 5.97. The number of nitrogens with zero attached hydrogens (tertiary/aromatic N) is 1. The maximum Gasteiger partial charge on any atom is 0.416 e. The Balaban J connectivity index is 2.53. The van der Waals surface area contributed by atoms with Crippen molar-refractivity contribution in [2.24, 2.45) is 0 Å². The molecule has 0 spiro atoms. The van der Waals surface area contributed by atoms with Crippen LogP contribution in [0.25, 0.3) is 6.08 Å². The van der Waals surface area contributed by atoms with E-state index in [9.17, 15) is 28.0 Å². The molecule has 0 saturated heterocycles. The lowest BCUT2D eigenvalue weighted by molar-refractivity contribution is -0.137. The number of H-pyrrole nitrogens is 1. The highest BCUT2D eigenvalue weighted by Crippen LogP contribution is 2.30. The van der Waals surface area contributed by atoms with Gasteiger partial charge in [-0.15, -0.1) is 0 Å². The number of nitrogens with one attached hydrogen (secondary N) is 1. The van der Waals surface area contributed by atoms with Gasteiger partial charge in [-0.05, 0) is 44.5 Å². The van der Waals surface area contributed by atoms with Crippen molar-refractivity contribution in [2.45, 2.75) is 26.9 Å². The Bertz CT molecular complexity index is 995. The van der Waals surface area contributed by atoms with Crippen molar-refractivity contribution >= 4 is 17.8 Å². The quantitative estimate of drug-likeness (QED) is 0.350. The number of hydrogen-bond donors (Lipinski definition) is 1. The first-order chi connectivity index (χ1) is 13.1. The van der Waals surface area contributed by atoms with Crippen LogP contribution in [0.1, 0.15) is 50.2 Å². The largest absolute Gasteiger partial charge is 0.462 e. The molecular weight excluding hydrogens is 373 g/mol. The summed E-state index contributed by atoms with van der Waals surface area (Å²) in [6.07, 6.45) is -3.49. The van der Waals surface area contributed by atoms with E-state index in [2.05, 4.69) is 4.98 Å². The van der Waals surface area contributed by atoms with Gasteiger partial charge in [0.1, 0.15) is 11.6 Å². The molecule has 0 aliphatic heterocycles. The summed E-state index contributed by atoms with van der Waals surface area (Å²) < 4.78 is 43.6. The summed E-state index contributed by atoms with van der Waals surface area (Å²) in [6.45, 7) is 4.85. The number of nitriles is 1. The molecule has 0 unspecified atom stereocenters. The number of aromatic nitrogens is 1. The van der Waals surface area contributed by atoms with E-state index in [-0.39, 0.29) is 23.3 Å². The van der Waals surface area contributed by atoms with Crippen LogP contribution in [0, 0.1) is 25.2 Å². The molecule has 1 N–H and O–H groups in total. The number of carbonyl (C=O) groups excluding carboxylic acids is 2. The molecule has 1 heterocycles. The summed E-state index contributed by atoms with van der Waals surface area (Å²) in [4.78, 5) is 28.0. The fraction of sp³-hybridized carbons (Fsp3) is 0.250. The van der Waals surface area contributed by atoms with Gasteiger partial charge in [-0.2, -0.15) is 18.4 Å². The number of aromatic amines is 1. The van der Waals surface area contributed by atoms with Gasteiger partial charge in [0.05, 0.1) is 23.3 Å². The predicted octanol–water partition coefficient (Wildman–Crippen LogP) is 4.62. The maximum atomic E-state index is 12.9. The zero-order valence-corrected chi connectivity index (χ0v) is 15.4. The van der Waals surface area contributed by atoms with Crippen LogP contribution in [0.5, 0.6) is 0 Å². The third-order valence-electron chi connectivity index (χ3n) is 3.97. The van der Waals surface area contributed by atoms with E-state index >= 15 is 0 Å². The number of aryl methyl sites for hydroxylation is 2. The highest BCUT2D eigenvalue weighted by atomic mass is 19.4. The first kappa shape index (κ1) is 21.0. The third-order valence-corrected chi connectivity index (χ3v) is 3.97. The Kier molecular flexibility index (Phi) is 6.09. The molecule has 5 nitrogen and oxygen atoms in total. The van der Waals surface area contributed by atoms with Crippen molar-refractivity contribution in [3.05, 3.63) is 63.5 Å². The normalized spacial score (nSPS) is 11.8. The van der Waals surface area contributed by atoms with Crippen molar-refractivity contribution in [1.29, 1.82) is 5.26 Å². The van der Waals surface area contributed by atoms with Crippen LogP contribution in [-0.4, -0.2) is 23.3 Å². The first-order valence-corrected chi connectivity index (χ1v) is 8.30. The smallest absolute Gasteiger partial charge is 0.416 e. The zero-order chi connectivity index (χ0) is 21.1. The van der Waals surface area contributed by atoms with E-state index in [0.29, 0.717) is 11.4 Å². The van der Waals surface area contributed by atoms with Crippen molar-refractivity contribution < 1.29 is 27.5 Å². The number of alkyl halides is 3. The summed E-state index contributed by atoms with van der Waals surface area (Å²) in [5.41, 5.74) is -0.516. The van der Waals surface area contributed by atoms with E-state index in [1.54, 1.807) is 26.8 Å². The number of rotatable bonds is 5. The molecule has 0 bridgehead atoms. The van der Waals surface area contributed by atoms with Crippen molar-refractivity contribution in [2.75, 3.05) is 6.61 Å². The zero-order valence-electron chi connectivity index (χ0n) is 15.4. The average molecular weight is 390 g/mol. The Morgan fingerprint density at radius 1 is 1.21 bits per heavy atom. The molecule has 1 aromatic heterocycles. The average Bonchev–Trinajstić information content (AvgIpc) is 2.92. The number of esters is 1. The number of benzene rings is 1. The lowest BCUT2D eigenvalue weighted by atomic mass is 9.97. The van der Waals surface area contributed by atoms with Gasteiger partial charge in [0, 0.05) is 11.4 Å². The van der Waals surface area contributed by atoms with E-state index in [4.69, 9.17) is 4.74 Å². The Hall–Kier alpha value is -3.34. The number of allylic oxidation sites excluding steroid dienone is 1. The Labute approximate surface area is 159 Å². The lowest BCUT2D eigenvalue weighted by Crippen LogP contribution is -2.13. The van der Waals surface area contributed by atoms with Crippen LogP contribution in [0.3, 0.4) is 0 Å². The lowest BCUT2D eigenvalue weighted by Gasteiger charge is -2.08. The van der Waals surface area contributed by atoms with Crippen LogP contribution in [0.4, 0.5) is 13.2 Å². The number of halogens is 3. The summed E-state index contributed by atoms with van der Waals surface area (Å²) in [6, 6.07) is 5.97. The summed E-state index contributed by atoms with van der Waals surface area (Å²) in [7, 11) is 0. The molecule has 0 aliphatic carbocycles. The van der Waals surface area contributed by atoms with Crippen LogP contribution >= 0.6 is 0 Å². The van der Waals surface area contributed by atoms with Crippen molar-refractivity contribution in [3.8, 4) is 6.07 Å². The molecule has 146 valence electrons. The van der Waals surface area contributed by atoms with Gasteiger partial charge in [-0.1, -0.05) is 12.1 Å². The minimum absolute atomic E-state index is 0.00884. The molecule has 0 radical (unpaired) electrons. The van der Waals surface area contributed by atoms with Crippen LogP contribution in [0.2, 0.25) is 0 Å². The Morgan fingerprint density at radius 3 is 2.43 bits per heavy atom. The topological polar surface area (TPSA) is 83.0 Å². The molecule has 2 aromatic rings. The fourth-order valence-electron chi connectivity index (χ4n) is 2.78. The number of ketones is 1. The fourth-order valence-corrected chi connectivity index (χ4v) is 2.78. The van der Waals surface area contributed by atoms with Gasteiger partial charge < -0.3 is 9.72 Å². The van der Waals surface area contributed by atoms with Crippen LogP contribution < -0.4 is 0 Å². The SMILES string of the molecule is CCOC(=O)c1c(C)[nH]c(C)c1C(=O)/C(C#N)=C/c1cccc(C(F)(F)F)c1. The summed E-state index contributed by atoms with van der Waals surface area (Å²) in [5.74, 6) is -1.49. The highest BCUT2D eigenvalue weighted by molar-refractivity contribution is 6.19. The minimum Gasteiger partial charge on any atom is -0.462 e.